The first-order valence-corrected chi connectivity index (χ1v) is 4.18. The standard InChI is InChI=1S/C4H2BrClN2OS/c5-2-1(4(7)9)3(6)8-10-2/h(H2,7,9). The number of carbonyl (C=O) groups is 1. The second-order valence-electron chi connectivity index (χ2n) is 1.49. The summed E-state index contributed by atoms with van der Waals surface area (Å²) in [5, 5.41) is 0.157. The van der Waals surface area contributed by atoms with Gasteiger partial charge in [0.15, 0.2) is 5.15 Å². The highest BCUT2D eigenvalue weighted by Crippen LogP contribution is 2.27. The Kier molecular flexibility index (Phi) is 2.28. The summed E-state index contributed by atoms with van der Waals surface area (Å²) in [6, 6.07) is 0. The molecular weight excluding hydrogens is 239 g/mol. The average Bonchev–Trinajstić information content (AvgIpc) is 2.11. The topological polar surface area (TPSA) is 56.0 Å². The third-order valence-corrected chi connectivity index (χ3v) is 2.70. The average molecular weight is 241 g/mol. The van der Waals surface area contributed by atoms with E-state index in [-0.39, 0.29) is 10.7 Å². The molecule has 0 aliphatic carbocycles. The largest absolute Gasteiger partial charge is 0.365 e. The first kappa shape index (κ1) is 7.97. The molecule has 0 saturated heterocycles. The van der Waals surface area contributed by atoms with Crippen LogP contribution in [0.1, 0.15) is 10.4 Å². The van der Waals surface area contributed by atoms with Gasteiger partial charge in [-0.2, -0.15) is 4.37 Å². The minimum atomic E-state index is -0.564. The van der Waals surface area contributed by atoms with Crippen LogP contribution < -0.4 is 5.73 Å². The molecular formula is C4H2BrClN2OS. The number of rotatable bonds is 1. The van der Waals surface area contributed by atoms with E-state index in [0.29, 0.717) is 3.79 Å². The fraction of sp³-hybridized carbons (Fsp3) is 0. The Hall–Kier alpha value is -0.130. The van der Waals surface area contributed by atoms with Gasteiger partial charge in [-0.05, 0) is 27.5 Å². The lowest BCUT2D eigenvalue weighted by Crippen LogP contribution is -2.10. The van der Waals surface area contributed by atoms with Gasteiger partial charge in [-0.25, -0.2) is 0 Å². The van der Waals surface area contributed by atoms with E-state index in [1.54, 1.807) is 0 Å². The van der Waals surface area contributed by atoms with E-state index in [4.69, 9.17) is 17.3 Å². The highest BCUT2D eigenvalue weighted by Gasteiger charge is 2.14. The molecule has 1 heterocycles. The minimum Gasteiger partial charge on any atom is -0.365 e. The van der Waals surface area contributed by atoms with Gasteiger partial charge in [-0.3, -0.25) is 4.79 Å². The maximum atomic E-state index is 10.6. The fourth-order valence-electron chi connectivity index (χ4n) is 0.451. The van der Waals surface area contributed by atoms with Crippen molar-refractivity contribution in [2.45, 2.75) is 0 Å². The number of primary amides is 1. The van der Waals surface area contributed by atoms with E-state index in [9.17, 15) is 4.79 Å². The van der Waals surface area contributed by atoms with Crippen molar-refractivity contribution in [3.8, 4) is 0 Å². The molecule has 0 unspecified atom stereocenters. The fourth-order valence-corrected chi connectivity index (χ4v) is 2.05. The van der Waals surface area contributed by atoms with Crippen molar-refractivity contribution < 1.29 is 4.79 Å². The van der Waals surface area contributed by atoms with Crippen LogP contribution in [-0.2, 0) is 0 Å². The van der Waals surface area contributed by atoms with Crippen molar-refractivity contribution in [3.05, 3.63) is 14.5 Å². The molecule has 0 saturated carbocycles. The lowest BCUT2D eigenvalue weighted by atomic mass is 10.4. The second-order valence-corrected chi connectivity index (χ2v) is 3.94. The molecule has 1 aromatic rings. The Morgan fingerprint density at radius 1 is 1.80 bits per heavy atom. The lowest BCUT2D eigenvalue weighted by Gasteiger charge is -1.87. The van der Waals surface area contributed by atoms with Crippen molar-refractivity contribution in [2.24, 2.45) is 5.73 Å². The first-order valence-electron chi connectivity index (χ1n) is 2.23. The molecule has 0 aliphatic rings. The van der Waals surface area contributed by atoms with E-state index in [1.165, 1.54) is 0 Å². The Labute approximate surface area is 74.5 Å². The molecule has 0 fully saturated rings. The molecule has 54 valence electrons. The molecule has 0 spiro atoms. The van der Waals surface area contributed by atoms with Crippen molar-refractivity contribution in [3.63, 3.8) is 0 Å². The predicted molar refractivity (Wildman–Crippen MR) is 43.3 cm³/mol. The number of carbonyl (C=O) groups excluding carboxylic acids is 1. The van der Waals surface area contributed by atoms with Crippen LogP contribution in [0.15, 0.2) is 3.79 Å². The summed E-state index contributed by atoms with van der Waals surface area (Å²) in [6.45, 7) is 0. The summed E-state index contributed by atoms with van der Waals surface area (Å²) < 4.78 is 4.27. The van der Waals surface area contributed by atoms with Crippen molar-refractivity contribution in [1.29, 1.82) is 0 Å². The van der Waals surface area contributed by atoms with Gasteiger partial charge in [0.25, 0.3) is 5.91 Å². The number of amides is 1. The first-order chi connectivity index (χ1) is 4.63. The van der Waals surface area contributed by atoms with E-state index >= 15 is 0 Å². The number of aromatic nitrogens is 1. The number of hydrogen-bond acceptors (Lipinski definition) is 3. The summed E-state index contributed by atoms with van der Waals surface area (Å²) in [5.41, 5.74) is 5.23. The Morgan fingerprint density at radius 3 is 2.60 bits per heavy atom. The van der Waals surface area contributed by atoms with Crippen molar-refractivity contribution >= 4 is 45.0 Å². The van der Waals surface area contributed by atoms with Crippen molar-refractivity contribution in [1.82, 2.24) is 4.37 Å². The molecule has 2 N–H and O–H groups in total. The highest BCUT2D eigenvalue weighted by molar-refractivity contribution is 9.11. The third-order valence-electron chi connectivity index (χ3n) is 0.855. The molecule has 1 rings (SSSR count). The summed E-state index contributed by atoms with van der Waals surface area (Å²) in [5.74, 6) is -0.564. The zero-order chi connectivity index (χ0) is 7.72. The van der Waals surface area contributed by atoms with Gasteiger partial charge >= 0.3 is 0 Å². The highest BCUT2D eigenvalue weighted by atomic mass is 79.9. The SMILES string of the molecule is NC(=O)c1c(Cl)nsc1Br. The molecule has 0 radical (unpaired) electrons. The zero-order valence-electron chi connectivity index (χ0n) is 4.60. The predicted octanol–water partition coefficient (Wildman–Crippen LogP) is 1.66. The van der Waals surface area contributed by atoms with Gasteiger partial charge in [0.05, 0.1) is 0 Å². The molecule has 0 aromatic carbocycles. The maximum absolute atomic E-state index is 10.6. The van der Waals surface area contributed by atoms with Crippen LogP contribution in [0.25, 0.3) is 0 Å². The van der Waals surface area contributed by atoms with Gasteiger partial charge < -0.3 is 5.73 Å². The summed E-state index contributed by atoms with van der Waals surface area (Å²) >= 11 is 9.69. The van der Waals surface area contributed by atoms with E-state index in [2.05, 4.69) is 20.3 Å². The summed E-state index contributed by atoms with van der Waals surface area (Å²) in [4.78, 5) is 10.6. The van der Waals surface area contributed by atoms with Crippen LogP contribution in [0.4, 0.5) is 0 Å². The third kappa shape index (κ3) is 1.31. The maximum Gasteiger partial charge on any atom is 0.253 e. The molecule has 1 amide bonds. The minimum absolute atomic E-state index is 0.157. The summed E-state index contributed by atoms with van der Waals surface area (Å²) in [7, 11) is 0. The van der Waals surface area contributed by atoms with E-state index in [1.807, 2.05) is 0 Å². The van der Waals surface area contributed by atoms with Crippen LogP contribution in [-0.4, -0.2) is 10.3 Å². The van der Waals surface area contributed by atoms with Crippen molar-refractivity contribution in [2.75, 3.05) is 0 Å². The van der Waals surface area contributed by atoms with Crippen LogP contribution in [0.5, 0.6) is 0 Å². The summed E-state index contributed by atoms with van der Waals surface area (Å²) in [6.07, 6.45) is 0. The Bertz CT molecular complexity index is 255. The molecule has 0 atom stereocenters. The van der Waals surface area contributed by atoms with Crippen LogP contribution >= 0.6 is 39.1 Å². The molecule has 10 heavy (non-hydrogen) atoms. The number of hydrogen-bond donors (Lipinski definition) is 1. The molecule has 3 nitrogen and oxygen atoms in total. The Balaban J connectivity index is 3.23. The van der Waals surface area contributed by atoms with Crippen LogP contribution in [0.2, 0.25) is 5.15 Å². The number of nitrogens with two attached hydrogens (primary N) is 1. The van der Waals surface area contributed by atoms with Crippen LogP contribution in [0, 0.1) is 0 Å². The van der Waals surface area contributed by atoms with Gasteiger partial charge in [0.2, 0.25) is 0 Å². The quantitative estimate of drug-likeness (QED) is 0.813. The molecule has 0 bridgehead atoms. The monoisotopic (exact) mass is 240 g/mol. The van der Waals surface area contributed by atoms with Gasteiger partial charge in [-0.15, -0.1) is 0 Å². The van der Waals surface area contributed by atoms with Gasteiger partial charge in [0.1, 0.15) is 9.35 Å². The molecule has 6 heteroatoms. The van der Waals surface area contributed by atoms with E-state index < -0.39 is 5.91 Å². The van der Waals surface area contributed by atoms with Gasteiger partial charge in [0, 0.05) is 0 Å². The Morgan fingerprint density at radius 2 is 2.40 bits per heavy atom. The normalized spacial score (nSPS) is 9.80. The molecule has 1 aromatic heterocycles. The lowest BCUT2D eigenvalue weighted by molar-refractivity contribution is 0.1000. The van der Waals surface area contributed by atoms with Gasteiger partial charge in [-0.1, -0.05) is 11.6 Å². The smallest absolute Gasteiger partial charge is 0.253 e. The number of nitrogens with zero attached hydrogens (tertiary/aromatic N) is 1. The zero-order valence-corrected chi connectivity index (χ0v) is 7.76. The number of halogens is 2. The second kappa shape index (κ2) is 2.86. The molecule has 0 aliphatic heterocycles. The van der Waals surface area contributed by atoms with Crippen LogP contribution in [0.3, 0.4) is 0 Å². The van der Waals surface area contributed by atoms with E-state index in [0.717, 1.165) is 11.5 Å².